The Bertz CT molecular complexity index is 1160. The van der Waals surface area contributed by atoms with E-state index in [4.69, 9.17) is 32.7 Å². The third-order valence-electron chi connectivity index (χ3n) is 4.60. The van der Waals surface area contributed by atoms with Gasteiger partial charge in [-0.3, -0.25) is 9.48 Å². The van der Waals surface area contributed by atoms with E-state index in [0.717, 1.165) is 0 Å². The van der Waals surface area contributed by atoms with Gasteiger partial charge in [-0.05, 0) is 19.1 Å². The molecule has 0 unspecified atom stereocenters. The molecule has 0 spiro atoms. The van der Waals surface area contributed by atoms with E-state index in [1.807, 2.05) is 6.92 Å². The van der Waals surface area contributed by atoms with Crippen molar-refractivity contribution in [3.8, 4) is 17.1 Å². The van der Waals surface area contributed by atoms with Crippen molar-refractivity contribution in [1.29, 1.82) is 0 Å². The van der Waals surface area contributed by atoms with Gasteiger partial charge in [0.2, 0.25) is 5.88 Å². The number of benzene rings is 1. The molecular weight excluding hydrogens is 445 g/mol. The largest absolute Gasteiger partial charge is 0.477 e. The number of aromatic carboxylic acids is 1. The summed E-state index contributed by atoms with van der Waals surface area (Å²) in [6.45, 7) is 3.33. The molecule has 10 heteroatoms. The number of rotatable bonds is 9. The maximum absolute atomic E-state index is 12.7. The minimum atomic E-state index is -1.31. The van der Waals surface area contributed by atoms with Gasteiger partial charge in [-0.15, -0.1) is 5.10 Å². The van der Waals surface area contributed by atoms with Gasteiger partial charge in [0.25, 0.3) is 0 Å². The number of hydrogen-bond donors (Lipinski definition) is 1. The molecule has 0 radical (unpaired) electrons. The van der Waals surface area contributed by atoms with Gasteiger partial charge in [0, 0.05) is 43.2 Å². The van der Waals surface area contributed by atoms with E-state index in [1.54, 1.807) is 46.8 Å². The Morgan fingerprint density at radius 1 is 1.16 bits per heavy atom. The molecule has 2 heterocycles. The molecule has 0 amide bonds. The number of carbonyl (C=O) groups is 1. The van der Waals surface area contributed by atoms with Crippen molar-refractivity contribution >= 4 is 29.2 Å². The summed E-state index contributed by atoms with van der Waals surface area (Å²) in [4.78, 5) is 24.7. The zero-order valence-electron chi connectivity index (χ0n) is 17.0. The minimum absolute atomic E-state index is 0.241. The zero-order valence-corrected chi connectivity index (χ0v) is 18.5. The first-order chi connectivity index (χ1) is 14.8. The van der Waals surface area contributed by atoms with E-state index < -0.39 is 11.4 Å². The van der Waals surface area contributed by atoms with Gasteiger partial charge in [0.1, 0.15) is 12.2 Å². The monoisotopic (exact) mass is 465 g/mol. The molecule has 1 aromatic carbocycles. The Kier molecular flexibility index (Phi) is 7.37. The van der Waals surface area contributed by atoms with Crippen LogP contribution in [0.1, 0.15) is 23.0 Å². The third kappa shape index (κ3) is 5.10. The highest BCUT2D eigenvalue weighted by molar-refractivity contribution is 6.42. The lowest BCUT2D eigenvalue weighted by atomic mass is 10.0. The molecule has 1 N–H and O–H groups in total. The van der Waals surface area contributed by atoms with Gasteiger partial charge in [0.15, 0.2) is 5.43 Å². The molecular formula is C21H21Cl2N3O5. The highest BCUT2D eigenvalue weighted by atomic mass is 35.5. The van der Waals surface area contributed by atoms with Crippen molar-refractivity contribution in [3.05, 3.63) is 68.1 Å². The Morgan fingerprint density at radius 3 is 2.58 bits per heavy atom. The highest BCUT2D eigenvalue weighted by Crippen LogP contribution is 2.30. The molecule has 0 fully saturated rings. The summed E-state index contributed by atoms with van der Waals surface area (Å²) in [7, 11) is 1.58. The second-order valence-corrected chi connectivity index (χ2v) is 7.41. The first-order valence-corrected chi connectivity index (χ1v) is 10.2. The Morgan fingerprint density at radius 2 is 1.94 bits per heavy atom. The normalized spacial score (nSPS) is 11.0. The Hall–Kier alpha value is -2.81. The molecule has 0 saturated carbocycles. The fourth-order valence-electron chi connectivity index (χ4n) is 3.24. The van der Waals surface area contributed by atoms with Gasteiger partial charge in [-0.2, -0.15) is 0 Å². The van der Waals surface area contributed by atoms with E-state index in [2.05, 4.69) is 5.10 Å². The van der Waals surface area contributed by atoms with Crippen LogP contribution in [0.15, 0.2) is 41.3 Å². The molecule has 0 atom stereocenters. The van der Waals surface area contributed by atoms with E-state index in [-0.39, 0.29) is 22.8 Å². The maximum Gasteiger partial charge on any atom is 0.341 e. The minimum Gasteiger partial charge on any atom is -0.477 e. The number of nitrogens with zero attached hydrogens (tertiary/aromatic N) is 3. The number of carboxylic acid groups (broad SMARTS) is 1. The topological polar surface area (TPSA) is 95.6 Å². The number of aromatic nitrogens is 3. The van der Waals surface area contributed by atoms with E-state index >= 15 is 0 Å². The van der Waals surface area contributed by atoms with Crippen LogP contribution in [-0.2, 0) is 17.8 Å². The van der Waals surface area contributed by atoms with E-state index in [9.17, 15) is 14.7 Å². The fourth-order valence-corrected chi connectivity index (χ4v) is 3.54. The third-order valence-corrected chi connectivity index (χ3v) is 5.34. The molecule has 0 bridgehead atoms. The second kappa shape index (κ2) is 10.00. The van der Waals surface area contributed by atoms with Crippen LogP contribution in [0.25, 0.3) is 11.3 Å². The van der Waals surface area contributed by atoms with Crippen LogP contribution < -0.4 is 10.2 Å². The number of hydrogen-bond acceptors (Lipinski definition) is 5. The summed E-state index contributed by atoms with van der Waals surface area (Å²) in [6.07, 6.45) is 1.72. The lowest BCUT2D eigenvalue weighted by Crippen LogP contribution is -2.24. The molecule has 0 aliphatic rings. The maximum atomic E-state index is 12.7. The van der Waals surface area contributed by atoms with Crippen LogP contribution in [0.4, 0.5) is 0 Å². The lowest BCUT2D eigenvalue weighted by Gasteiger charge is -2.20. The van der Waals surface area contributed by atoms with Crippen LogP contribution in [-0.4, -0.2) is 45.7 Å². The van der Waals surface area contributed by atoms with Crippen LogP contribution in [0, 0.1) is 0 Å². The fraction of sp³-hybridized carbons (Fsp3) is 0.286. The summed E-state index contributed by atoms with van der Waals surface area (Å²) in [5.74, 6) is -0.887. The summed E-state index contributed by atoms with van der Waals surface area (Å²) in [5, 5.41) is 14.7. The molecule has 0 saturated heterocycles. The molecule has 0 aliphatic heterocycles. The molecule has 3 rings (SSSR count). The van der Waals surface area contributed by atoms with Gasteiger partial charge in [-0.1, -0.05) is 29.3 Å². The highest BCUT2D eigenvalue weighted by Gasteiger charge is 2.22. The number of halogens is 2. The van der Waals surface area contributed by atoms with Gasteiger partial charge >= 0.3 is 5.97 Å². The first-order valence-electron chi connectivity index (χ1n) is 9.46. The van der Waals surface area contributed by atoms with E-state index in [1.165, 1.54) is 6.07 Å². The first kappa shape index (κ1) is 22.9. The van der Waals surface area contributed by atoms with Crippen LogP contribution >= 0.6 is 23.2 Å². The zero-order chi connectivity index (χ0) is 22.5. The number of ether oxygens (including phenoxy) is 2. The SMILES string of the molecule is CCn1c(Cn2ccc(OCCOC)n2)cc(=O)c(C(=O)O)c1-c1ccc(Cl)c(Cl)c1. The van der Waals surface area contributed by atoms with Crippen molar-refractivity contribution < 1.29 is 19.4 Å². The Labute approximate surface area is 188 Å². The molecule has 8 nitrogen and oxygen atoms in total. The average molecular weight is 466 g/mol. The smallest absolute Gasteiger partial charge is 0.341 e. The predicted molar refractivity (Wildman–Crippen MR) is 117 cm³/mol. The van der Waals surface area contributed by atoms with Crippen molar-refractivity contribution in [2.45, 2.75) is 20.0 Å². The van der Waals surface area contributed by atoms with Crippen molar-refractivity contribution in [2.24, 2.45) is 0 Å². The molecule has 2 aromatic heterocycles. The number of methoxy groups -OCH3 is 1. The molecule has 31 heavy (non-hydrogen) atoms. The predicted octanol–water partition coefficient (Wildman–Crippen LogP) is 3.81. The summed E-state index contributed by atoms with van der Waals surface area (Å²) >= 11 is 12.2. The summed E-state index contributed by atoms with van der Waals surface area (Å²) < 4.78 is 13.8. The molecule has 3 aromatic rings. The summed E-state index contributed by atoms with van der Waals surface area (Å²) in [6, 6.07) is 7.79. The van der Waals surface area contributed by atoms with Crippen LogP contribution in [0.2, 0.25) is 10.0 Å². The van der Waals surface area contributed by atoms with Crippen molar-refractivity contribution in [3.63, 3.8) is 0 Å². The quantitative estimate of drug-likeness (QED) is 0.482. The number of carboxylic acids is 1. The van der Waals surface area contributed by atoms with Crippen LogP contribution in [0.3, 0.4) is 0 Å². The average Bonchev–Trinajstić information content (AvgIpc) is 3.16. The lowest BCUT2D eigenvalue weighted by molar-refractivity contribution is 0.0695. The molecule has 0 aliphatic carbocycles. The van der Waals surface area contributed by atoms with Crippen molar-refractivity contribution in [1.82, 2.24) is 14.3 Å². The van der Waals surface area contributed by atoms with Crippen LogP contribution in [0.5, 0.6) is 5.88 Å². The van der Waals surface area contributed by atoms with Gasteiger partial charge in [0.05, 0.1) is 28.9 Å². The van der Waals surface area contributed by atoms with Gasteiger partial charge in [-0.25, -0.2) is 4.79 Å². The standard InChI is InChI=1S/C21H21Cl2N3O5/c1-3-26-14(12-25-7-6-18(24-25)31-9-8-30-2)11-17(27)19(21(28)29)20(26)13-4-5-15(22)16(23)10-13/h4-7,10-11H,3,8-9,12H2,1-2H3,(H,28,29). The number of pyridine rings is 1. The second-order valence-electron chi connectivity index (χ2n) is 6.59. The van der Waals surface area contributed by atoms with E-state index in [0.29, 0.717) is 41.9 Å². The summed E-state index contributed by atoms with van der Waals surface area (Å²) in [5.41, 5.74) is 0.409. The van der Waals surface area contributed by atoms with Gasteiger partial charge < -0.3 is 19.1 Å². The molecule has 164 valence electrons. The Balaban J connectivity index is 2.08. The van der Waals surface area contributed by atoms with Crippen molar-refractivity contribution in [2.75, 3.05) is 20.3 Å².